The molecule has 1 unspecified atom stereocenters. The molecule has 3 aromatic carbocycles. The summed E-state index contributed by atoms with van der Waals surface area (Å²) in [7, 11) is 3.42. The van der Waals surface area contributed by atoms with E-state index in [0.717, 1.165) is 22.0 Å². The number of rotatable bonds is 8. The lowest BCUT2D eigenvalue weighted by molar-refractivity contribution is 0.0827. The fraction of sp³-hybridized carbons (Fsp3) is 0.185. The molecular formula is C27H25Cl2N3O2. The van der Waals surface area contributed by atoms with Gasteiger partial charge >= 0.3 is 0 Å². The number of amides is 1. The van der Waals surface area contributed by atoms with E-state index < -0.39 is 6.04 Å². The summed E-state index contributed by atoms with van der Waals surface area (Å²) in [5.41, 5.74) is 3.72. The van der Waals surface area contributed by atoms with E-state index in [1.165, 1.54) is 4.90 Å². The number of benzene rings is 3. The number of aromatic nitrogens is 1. The van der Waals surface area contributed by atoms with Gasteiger partial charge in [0.2, 0.25) is 0 Å². The van der Waals surface area contributed by atoms with E-state index in [0.29, 0.717) is 34.1 Å². The molecule has 1 amide bonds. The number of fused-ring (bicyclic) bond motifs is 1. The molecule has 2 N–H and O–H groups in total. The molecular weight excluding hydrogens is 469 g/mol. The summed E-state index contributed by atoms with van der Waals surface area (Å²) in [5, 5.41) is 5.39. The number of Topliss-reactive ketones (excluding diaryl/α,β-unsaturated/α-hetero) is 1. The van der Waals surface area contributed by atoms with Crippen LogP contribution in [0.15, 0.2) is 72.9 Å². The third-order valence-corrected chi connectivity index (χ3v) is 6.34. The van der Waals surface area contributed by atoms with Gasteiger partial charge in [-0.05, 0) is 41.8 Å². The van der Waals surface area contributed by atoms with Crippen molar-refractivity contribution in [1.29, 1.82) is 0 Å². The van der Waals surface area contributed by atoms with Crippen molar-refractivity contribution in [2.75, 3.05) is 20.6 Å². The Morgan fingerprint density at radius 3 is 2.47 bits per heavy atom. The van der Waals surface area contributed by atoms with Gasteiger partial charge in [-0.3, -0.25) is 9.59 Å². The summed E-state index contributed by atoms with van der Waals surface area (Å²) >= 11 is 12.3. The standard InChI is InChI=1S/C27H25Cl2N3O2/c1-32(2)27(34)19-9-11-21-22(16-31-24(21)14-19)26(33)25(18-6-4-3-5-7-18)30-13-12-17-8-10-20(28)15-23(17)29/h3-11,14-16,25,30-31H,12-13H2,1-2H3. The lowest BCUT2D eigenvalue weighted by Crippen LogP contribution is -2.30. The first-order valence-corrected chi connectivity index (χ1v) is 11.7. The molecule has 174 valence electrons. The van der Waals surface area contributed by atoms with E-state index in [-0.39, 0.29) is 11.7 Å². The Morgan fingerprint density at radius 1 is 1.00 bits per heavy atom. The van der Waals surface area contributed by atoms with E-state index in [9.17, 15) is 9.59 Å². The second kappa shape index (κ2) is 10.4. The number of halogens is 2. The van der Waals surface area contributed by atoms with Gasteiger partial charge in [-0.25, -0.2) is 0 Å². The normalized spacial score (nSPS) is 12.0. The second-order valence-corrected chi connectivity index (χ2v) is 9.15. The number of H-pyrrole nitrogens is 1. The largest absolute Gasteiger partial charge is 0.360 e. The topological polar surface area (TPSA) is 65.2 Å². The monoisotopic (exact) mass is 493 g/mol. The number of hydrogen-bond acceptors (Lipinski definition) is 3. The van der Waals surface area contributed by atoms with Gasteiger partial charge in [-0.1, -0.05) is 65.7 Å². The maximum Gasteiger partial charge on any atom is 0.253 e. The Balaban J connectivity index is 1.59. The molecule has 0 bridgehead atoms. The summed E-state index contributed by atoms with van der Waals surface area (Å²) in [6.07, 6.45) is 2.36. The average Bonchev–Trinajstić information content (AvgIpc) is 3.26. The van der Waals surface area contributed by atoms with E-state index in [2.05, 4.69) is 10.3 Å². The lowest BCUT2D eigenvalue weighted by Gasteiger charge is -2.18. The molecule has 0 aliphatic carbocycles. The summed E-state index contributed by atoms with van der Waals surface area (Å²) in [6.45, 7) is 0.552. The Bertz CT molecular complexity index is 1330. The van der Waals surface area contributed by atoms with Crippen molar-refractivity contribution in [3.63, 3.8) is 0 Å². The molecule has 4 rings (SSSR count). The van der Waals surface area contributed by atoms with Crippen LogP contribution in [0.4, 0.5) is 0 Å². The highest BCUT2D eigenvalue weighted by molar-refractivity contribution is 6.35. The molecule has 1 heterocycles. The minimum atomic E-state index is -0.533. The molecule has 1 atom stereocenters. The Hall–Kier alpha value is -3.12. The number of ketones is 1. The highest BCUT2D eigenvalue weighted by Gasteiger charge is 2.24. The van der Waals surface area contributed by atoms with Gasteiger partial charge < -0.3 is 15.2 Å². The first-order chi connectivity index (χ1) is 16.3. The predicted molar refractivity (Wildman–Crippen MR) is 138 cm³/mol. The fourth-order valence-corrected chi connectivity index (χ4v) is 4.46. The number of carbonyl (C=O) groups is 2. The first kappa shape index (κ1) is 24.0. The van der Waals surface area contributed by atoms with E-state index in [1.807, 2.05) is 48.5 Å². The highest BCUT2D eigenvalue weighted by Crippen LogP contribution is 2.26. The zero-order valence-corrected chi connectivity index (χ0v) is 20.5. The van der Waals surface area contributed by atoms with Crippen molar-refractivity contribution in [3.8, 4) is 0 Å². The number of nitrogens with one attached hydrogen (secondary N) is 2. The number of aromatic amines is 1. The van der Waals surface area contributed by atoms with Crippen molar-refractivity contribution in [3.05, 3.63) is 105 Å². The minimum absolute atomic E-state index is 0.0497. The van der Waals surface area contributed by atoms with Gasteiger partial charge in [0.25, 0.3) is 5.91 Å². The number of nitrogens with zero attached hydrogens (tertiary/aromatic N) is 1. The van der Waals surface area contributed by atoms with Crippen LogP contribution in [0.2, 0.25) is 10.0 Å². The SMILES string of the molecule is CN(C)C(=O)c1ccc2c(C(=O)C(NCCc3ccc(Cl)cc3Cl)c3ccccc3)c[nH]c2c1. The molecule has 0 saturated carbocycles. The van der Waals surface area contributed by atoms with Crippen LogP contribution in [0.25, 0.3) is 10.9 Å². The number of carbonyl (C=O) groups excluding carboxylic acids is 2. The van der Waals surface area contributed by atoms with Gasteiger partial charge in [-0.2, -0.15) is 0 Å². The van der Waals surface area contributed by atoms with Crippen LogP contribution in [-0.4, -0.2) is 42.2 Å². The van der Waals surface area contributed by atoms with Crippen molar-refractivity contribution in [2.24, 2.45) is 0 Å². The molecule has 4 aromatic rings. The summed E-state index contributed by atoms with van der Waals surface area (Å²) in [6, 6.07) is 19.9. The van der Waals surface area contributed by atoms with Crippen molar-refractivity contribution in [2.45, 2.75) is 12.5 Å². The van der Waals surface area contributed by atoms with E-state index in [4.69, 9.17) is 23.2 Å². The molecule has 0 aliphatic rings. The second-order valence-electron chi connectivity index (χ2n) is 8.31. The van der Waals surface area contributed by atoms with Crippen LogP contribution in [0.1, 0.15) is 37.9 Å². The molecule has 0 spiro atoms. The van der Waals surface area contributed by atoms with Crippen molar-refractivity contribution < 1.29 is 9.59 Å². The van der Waals surface area contributed by atoms with Gasteiger partial charge in [0.15, 0.2) is 5.78 Å². The van der Waals surface area contributed by atoms with Crippen LogP contribution >= 0.6 is 23.2 Å². The molecule has 0 radical (unpaired) electrons. The quantitative estimate of drug-likeness (QED) is 0.299. The summed E-state index contributed by atoms with van der Waals surface area (Å²) in [5.74, 6) is -0.139. The number of hydrogen-bond donors (Lipinski definition) is 2. The zero-order chi connectivity index (χ0) is 24.2. The zero-order valence-electron chi connectivity index (χ0n) is 18.9. The van der Waals surface area contributed by atoms with Crippen LogP contribution in [0.3, 0.4) is 0 Å². The molecule has 0 aliphatic heterocycles. The van der Waals surface area contributed by atoms with Crippen LogP contribution < -0.4 is 5.32 Å². The van der Waals surface area contributed by atoms with Crippen LogP contribution in [0.5, 0.6) is 0 Å². The summed E-state index contributed by atoms with van der Waals surface area (Å²) in [4.78, 5) is 30.7. The summed E-state index contributed by atoms with van der Waals surface area (Å²) < 4.78 is 0. The van der Waals surface area contributed by atoms with Crippen LogP contribution in [0, 0.1) is 0 Å². The molecule has 1 aromatic heterocycles. The average molecular weight is 494 g/mol. The van der Waals surface area contributed by atoms with E-state index in [1.54, 1.807) is 38.5 Å². The highest BCUT2D eigenvalue weighted by atomic mass is 35.5. The molecule has 0 fully saturated rings. The van der Waals surface area contributed by atoms with Crippen molar-refractivity contribution in [1.82, 2.24) is 15.2 Å². The molecule has 7 heteroatoms. The Morgan fingerprint density at radius 2 is 1.76 bits per heavy atom. The molecule has 0 saturated heterocycles. The van der Waals surface area contributed by atoms with Gasteiger partial charge in [-0.15, -0.1) is 0 Å². The van der Waals surface area contributed by atoms with Gasteiger partial charge in [0, 0.05) is 58.9 Å². The predicted octanol–water partition coefficient (Wildman–Crippen LogP) is 5.93. The minimum Gasteiger partial charge on any atom is -0.360 e. The molecule has 5 nitrogen and oxygen atoms in total. The lowest BCUT2D eigenvalue weighted by atomic mass is 9.96. The Labute approximate surface area is 208 Å². The smallest absolute Gasteiger partial charge is 0.253 e. The maximum absolute atomic E-state index is 13.7. The fourth-order valence-electron chi connectivity index (χ4n) is 3.96. The van der Waals surface area contributed by atoms with Gasteiger partial charge in [0.1, 0.15) is 0 Å². The third kappa shape index (κ3) is 5.17. The third-order valence-electron chi connectivity index (χ3n) is 5.75. The van der Waals surface area contributed by atoms with Crippen molar-refractivity contribution >= 4 is 45.8 Å². The Kier molecular flexibility index (Phi) is 7.37. The van der Waals surface area contributed by atoms with Gasteiger partial charge in [0.05, 0.1) is 6.04 Å². The maximum atomic E-state index is 13.7. The molecule has 34 heavy (non-hydrogen) atoms. The van der Waals surface area contributed by atoms with E-state index >= 15 is 0 Å². The van der Waals surface area contributed by atoms with Crippen LogP contribution in [-0.2, 0) is 6.42 Å². The first-order valence-electron chi connectivity index (χ1n) is 10.9.